The summed E-state index contributed by atoms with van der Waals surface area (Å²) < 4.78 is 6.33. The van der Waals surface area contributed by atoms with Gasteiger partial charge in [0.15, 0.2) is 6.29 Å². The zero-order valence-corrected chi connectivity index (χ0v) is 18.8. The molecule has 0 bridgehead atoms. The van der Waals surface area contributed by atoms with Crippen molar-refractivity contribution in [2.45, 2.75) is 71.6 Å². The number of aromatic nitrogens is 1. The molecular weight excluding hydrogens is 376 g/mol. The van der Waals surface area contributed by atoms with E-state index in [4.69, 9.17) is 15.0 Å². The van der Waals surface area contributed by atoms with Gasteiger partial charge in [-0.25, -0.2) is 4.98 Å². The van der Waals surface area contributed by atoms with E-state index in [1.807, 2.05) is 14.0 Å². The molecule has 3 atom stereocenters. The van der Waals surface area contributed by atoms with Crippen LogP contribution in [0.4, 0.5) is 5.82 Å². The second kappa shape index (κ2) is 8.28. The van der Waals surface area contributed by atoms with Crippen molar-refractivity contribution in [1.82, 2.24) is 9.88 Å². The summed E-state index contributed by atoms with van der Waals surface area (Å²) in [5.41, 5.74) is 4.09. The van der Waals surface area contributed by atoms with Gasteiger partial charge >= 0.3 is 0 Å². The van der Waals surface area contributed by atoms with Crippen molar-refractivity contribution in [3.8, 4) is 6.07 Å². The molecule has 30 heavy (non-hydrogen) atoms. The Labute approximate surface area is 180 Å². The normalized spacial score (nSPS) is 26.3. The first-order valence-corrected chi connectivity index (χ1v) is 11.3. The van der Waals surface area contributed by atoms with Gasteiger partial charge in [-0.1, -0.05) is 6.92 Å². The van der Waals surface area contributed by atoms with E-state index in [0.29, 0.717) is 48.6 Å². The third-order valence-corrected chi connectivity index (χ3v) is 7.36. The van der Waals surface area contributed by atoms with Crippen LogP contribution in [0.2, 0.25) is 0 Å². The van der Waals surface area contributed by atoms with E-state index in [-0.39, 0.29) is 0 Å². The van der Waals surface area contributed by atoms with Gasteiger partial charge in [0.2, 0.25) is 0 Å². The fourth-order valence-electron chi connectivity index (χ4n) is 4.73. The number of fused-ring (bicyclic) bond motifs is 1. The number of nitrogens with zero attached hydrogens (tertiary/aromatic N) is 4. The van der Waals surface area contributed by atoms with E-state index >= 15 is 0 Å². The van der Waals surface area contributed by atoms with Gasteiger partial charge in [-0.3, -0.25) is 9.69 Å². The molecule has 1 aliphatic heterocycles. The second-order valence-electron chi connectivity index (χ2n) is 9.92. The molecule has 1 aromatic heterocycles. The third-order valence-electron chi connectivity index (χ3n) is 7.36. The lowest BCUT2D eigenvalue weighted by molar-refractivity contribution is 0.00311. The van der Waals surface area contributed by atoms with Crippen LogP contribution in [-0.4, -0.2) is 55.1 Å². The van der Waals surface area contributed by atoms with Crippen LogP contribution in [0.25, 0.3) is 0 Å². The average molecular weight is 411 g/mol. The van der Waals surface area contributed by atoms with Crippen LogP contribution in [0.3, 0.4) is 0 Å². The first-order valence-electron chi connectivity index (χ1n) is 11.3. The minimum atomic E-state index is 0.385. The molecule has 2 heterocycles. The zero-order valence-electron chi connectivity index (χ0n) is 18.8. The second-order valence-corrected chi connectivity index (χ2v) is 9.92. The largest absolute Gasteiger partial charge is 0.377 e. The van der Waals surface area contributed by atoms with Gasteiger partial charge in [-0.2, -0.15) is 5.26 Å². The van der Waals surface area contributed by atoms with Crippen LogP contribution in [0.15, 0.2) is 0 Å². The topological polar surface area (TPSA) is 69.5 Å². The first-order chi connectivity index (χ1) is 14.4. The van der Waals surface area contributed by atoms with E-state index in [1.54, 1.807) is 0 Å². The zero-order chi connectivity index (χ0) is 21.5. The standard InChI is InChI=1S/C24H34N4O2/c1-16-17(2)23(26-20(19(16)14-29)13-27(4)10-5-9-25)28-11-6-22(18-12-21(18)28)30-15-24(3)7-8-24/h14,18,21-22H,5-8,10-13,15H2,1-4H3. The molecule has 0 amide bonds. The van der Waals surface area contributed by atoms with E-state index in [0.717, 1.165) is 48.5 Å². The molecule has 0 N–H and O–H groups in total. The lowest BCUT2D eigenvalue weighted by Crippen LogP contribution is -2.40. The van der Waals surface area contributed by atoms with Crippen molar-refractivity contribution in [1.29, 1.82) is 5.26 Å². The number of piperidine rings is 1. The number of pyridine rings is 1. The summed E-state index contributed by atoms with van der Waals surface area (Å²) in [6.07, 6.45) is 6.62. The molecule has 2 aliphatic carbocycles. The monoisotopic (exact) mass is 410 g/mol. The van der Waals surface area contributed by atoms with Gasteiger partial charge in [0.05, 0.1) is 24.5 Å². The molecule has 3 fully saturated rings. The minimum Gasteiger partial charge on any atom is -0.377 e. The van der Waals surface area contributed by atoms with Crippen molar-refractivity contribution < 1.29 is 9.53 Å². The molecule has 6 heteroatoms. The third kappa shape index (κ3) is 4.24. The lowest BCUT2D eigenvalue weighted by Gasteiger charge is -2.34. The highest BCUT2D eigenvalue weighted by atomic mass is 16.5. The summed E-state index contributed by atoms with van der Waals surface area (Å²) in [6, 6.07) is 2.69. The average Bonchev–Trinajstić information content (AvgIpc) is 3.64. The van der Waals surface area contributed by atoms with Crippen molar-refractivity contribution in [2.24, 2.45) is 11.3 Å². The number of hydrogen-bond acceptors (Lipinski definition) is 6. The Bertz CT molecular complexity index is 858. The first kappa shape index (κ1) is 21.3. The predicted molar refractivity (Wildman–Crippen MR) is 117 cm³/mol. The quantitative estimate of drug-likeness (QED) is 0.579. The molecule has 6 nitrogen and oxygen atoms in total. The molecule has 1 saturated heterocycles. The molecule has 0 spiro atoms. The van der Waals surface area contributed by atoms with Crippen LogP contribution in [0, 0.1) is 36.5 Å². The summed E-state index contributed by atoms with van der Waals surface area (Å²) >= 11 is 0. The Balaban J connectivity index is 1.50. The van der Waals surface area contributed by atoms with Gasteiger partial charge in [0.1, 0.15) is 5.82 Å². The van der Waals surface area contributed by atoms with Crippen LogP contribution in [0.1, 0.15) is 66.2 Å². The van der Waals surface area contributed by atoms with Gasteiger partial charge in [0, 0.05) is 43.6 Å². The fourth-order valence-corrected chi connectivity index (χ4v) is 4.73. The molecule has 0 aromatic carbocycles. The molecule has 1 aromatic rings. The molecule has 162 valence electrons. The Morgan fingerprint density at radius 2 is 2.13 bits per heavy atom. The number of ether oxygens (including phenoxy) is 1. The molecule has 3 aliphatic rings. The Morgan fingerprint density at radius 1 is 1.37 bits per heavy atom. The lowest BCUT2D eigenvalue weighted by atomic mass is 10.0. The predicted octanol–water partition coefficient (Wildman–Crippen LogP) is 3.64. The number of nitriles is 1. The number of carbonyl (C=O) groups is 1. The van der Waals surface area contributed by atoms with Crippen molar-refractivity contribution in [3.63, 3.8) is 0 Å². The number of rotatable bonds is 9. The maximum absolute atomic E-state index is 11.8. The van der Waals surface area contributed by atoms with Crippen molar-refractivity contribution in [3.05, 3.63) is 22.4 Å². The molecular formula is C24H34N4O2. The highest BCUT2D eigenvalue weighted by Crippen LogP contribution is 2.49. The van der Waals surface area contributed by atoms with Crippen LogP contribution in [-0.2, 0) is 11.3 Å². The maximum atomic E-state index is 11.8. The maximum Gasteiger partial charge on any atom is 0.152 e. The number of carbonyl (C=O) groups excluding carboxylic acids is 1. The van der Waals surface area contributed by atoms with Crippen molar-refractivity contribution >= 4 is 12.1 Å². The summed E-state index contributed by atoms with van der Waals surface area (Å²) in [4.78, 5) is 21.3. The number of hydrogen-bond donors (Lipinski definition) is 0. The van der Waals surface area contributed by atoms with E-state index in [2.05, 4.69) is 29.7 Å². The highest BCUT2D eigenvalue weighted by molar-refractivity contribution is 5.81. The van der Waals surface area contributed by atoms with Gasteiger partial charge in [0.25, 0.3) is 0 Å². The van der Waals surface area contributed by atoms with Gasteiger partial charge in [-0.05, 0) is 63.1 Å². The van der Waals surface area contributed by atoms with Crippen LogP contribution in [0.5, 0.6) is 0 Å². The summed E-state index contributed by atoms with van der Waals surface area (Å²) in [5, 5.41) is 8.85. The van der Waals surface area contributed by atoms with Crippen molar-refractivity contribution in [2.75, 3.05) is 31.6 Å². The Morgan fingerprint density at radius 3 is 2.80 bits per heavy atom. The SMILES string of the molecule is Cc1c(N2CCC(OCC3(C)CC3)C3CC32)nc(CN(C)CCC#N)c(C=O)c1C. The Kier molecular flexibility index (Phi) is 5.87. The fraction of sp³-hybridized carbons (Fsp3) is 0.708. The number of anilines is 1. The van der Waals surface area contributed by atoms with E-state index in [1.165, 1.54) is 19.3 Å². The summed E-state index contributed by atoms with van der Waals surface area (Å²) in [5.74, 6) is 1.64. The Hall–Kier alpha value is -1.97. The highest BCUT2D eigenvalue weighted by Gasteiger charge is 2.52. The molecule has 4 rings (SSSR count). The molecule has 3 unspecified atom stereocenters. The molecule has 2 saturated carbocycles. The number of aldehydes is 1. The summed E-state index contributed by atoms with van der Waals surface area (Å²) in [7, 11) is 1.97. The minimum absolute atomic E-state index is 0.385. The van der Waals surface area contributed by atoms with Crippen LogP contribution >= 0.6 is 0 Å². The smallest absolute Gasteiger partial charge is 0.152 e. The van der Waals surface area contributed by atoms with E-state index in [9.17, 15) is 4.79 Å². The molecule has 0 radical (unpaired) electrons. The van der Waals surface area contributed by atoms with Crippen LogP contribution < -0.4 is 4.90 Å². The van der Waals surface area contributed by atoms with E-state index < -0.39 is 0 Å². The summed E-state index contributed by atoms with van der Waals surface area (Å²) in [6.45, 7) is 9.55. The van der Waals surface area contributed by atoms with Gasteiger partial charge in [-0.15, -0.1) is 0 Å². The van der Waals surface area contributed by atoms with Gasteiger partial charge < -0.3 is 9.64 Å².